The van der Waals surface area contributed by atoms with Crippen molar-refractivity contribution in [3.63, 3.8) is 0 Å². The Labute approximate surface area is 75.4 Å². The molecule has 0 heterocycles. The van der Waals surface area contributed by atoms with Gasteiger partial charge in [-0.3, -0.25) is 9.59 Å². The maximum atomic E-state index is 12.9. The van der Waals surface area contributed by atoms with Gasteiger partial charge in [-0.1, -0.05) is 18.2 Å². The maximum absolute atomic E-state index is 12.9. The molecule has 68 valence electrons. The topological polar surface area (TPSA) is 34.1 Å². The van der Waals surface area contributed by atoms with Gasteiger partial charge in [0.2, 0.25) is 5.78 Å². The molecule has 0 saturated carbocycles. The number of halogens is 1. The van der Waals surface area contributed by atoms with Crippen LogP contribution in [0, 0.1) is 5.82 Å². The molecule has 0 amide bonds. The fraction of sp³-hybridized carbons (Fsp3) is 0.200. The van der Waals surface area contributed by atoms with E-state index in [4.69, 9.17) is 0 Å². The molecular weight excluding hydrogens is 171 g/mol. The Morgan fingerprint density at radius 2 is 1.92 bits per heavy atom. The van der Waals surface area contributed by atoms with Gasteiger partial charge in [0.1, 0.15) is 5.82 Å². The molecule has 0 radical (unpaired) electrons. The molecule has 0 aliphatic rings. The van der Waals surface area contributed by atoms with E-state index in [1.165, 1.54) is 25.1 Å². The minimum absolute atomic E-state index is 0.151. The normalized spacial score (nSPS) is 9.69. The summed E-state index contributed by atoms with van der Waals surface area (Å²) >= 11 is 0. The molecule has 0 fully saturated rings. The summed E-state index contributed by atoms with van der Waals surface area (Å²) in [6, 6.07) is 5.93. The average Bonchev–Trinajstić information content (AvgIpc) is 2.08. The van der Waals surface area contributed by atoms with Crippen molar-refractivity contribution in [1.82, 2.24) is 0 Å². The van der Waals surface area contributed by atoms with Gasteiger partial charge in [-0.05, 0) is 11.6 Å². The summed E-state index contributed by atoms with van der Waals surface area (Å²) in [5.41, 5.74) is 0.266. The third-order valence-corrected chi connectivity index (χ3v) is 1.70. The van der Waals surface area contributed by atoms with Crippen LogP contribution in [0.2, 0.25) is 0 Å². The molecule has 0 saturated heterocycles. The summed E-state index contributed by atoms with van der Waals surface area (Å²) in [5.74, 6) is -1.55. The highest BCUT2D eigenvalue weighted by molar-refractivity contribution is 6.36. The van der Waals surface area contributed by atoms with E-state index < -0.39 is 17.4 Å². The lowest BCUT2D eigenvalue weighted by atomic mass is 10.1. The molecule has 0 bridgehead atoms. The number of benzene rings is 1. The van der Waals surface area contributed by atoms with Gasteiger partial charge in [-0.2, -0.15) is 0 Å². The number of hydrogen-bond donors (Lipinski definition) is 0. The van der Waals surface area contributed by atoms with Crippen LogP contribution >= 0.6 is 0 Å². The Kier molecular flexibility index (Phi) is 2.90. The van der Waals surface area contributed by atoms with Crippen LogP contribution in [0.4, 0.5) is 4.39 Å². The van der Waals surface area contributed by atoms with Gasteiger partial charge in [0.05, 0.1) is 0 Å². The molecule has 1 aromatic carbocycles. The smallest absolute Gasteiger partial charge is 0.202 e. The second kappa shape index (κ2) is 3.94. The summed E-state index contributed by atoms with van der Waals surface area (Å²) in [5, 5.41) is 0. The fourth-order valence-electron chi connectivity index (χ4n) is 0.939. The highest BCUT2D eigenvalue weighted by atomic mass is 19.1. The van der Waals surface area contributed by atoms with Crippen molar-refractivity contribution in [2.24, 2.45) is 0 Å². The van der Waals surface area contributed by atoms with E-state index in [9.17, 15) is 14.0 Å². The fourth-order valence-corrected chi connectivity index (χ4v) is 0.939. The van der Waals surface area contributed by atoms with Gasteiger partial charge in [0.15, 0.2) is 5.78 Å². The molecule has 1 rings (SSSR count). The zero-order valence-corrected chi connectivity index (χ0v) is 7.21. The predicted molar refractivity (Wildman–Crippen MR) is 45.8 cm³/mol. The van der Waals surface area contributed by atoms with Crippen molar-refractivity contribution in [3.8, 4) is 0 Å². The molecule has 3 heteroatoms. The Morgan fingerprint density at radius 3 is 2.46 bits per heavy atom. The molecule has 0 unspecified atom stereocenters. The largest absolute Gasteiger partial charge is 0.291 e. The molecule has 0 aliphatic carbocycles. The first kappa shape index (κ1) is 9.58. The Hall–Kier alpha value is -1.51. The van der Waals surface area contributed by atoms with Crippen molar-refractivity contribution >= 4 is 11.6 Å². The number of rotatable bonds is 3. The van der Waals surface area contributed by atoms with Crippen LogP contribution in [-0.2, 0) is 16.0 Å². The van der Waals surface area contributed by atoms with Crippen LogP contribution in [-0.4, -0.2) is 11.6 Å². The highest BCUT2D eigenvalue weighted by Gasteiger charge is 2.10. The summed E-state index contributed by atoms with van der Waals surface area (Å²) in [4.78, 5) is 21.5. The van der Waals surface area contributed by atoms with E-state index in [1.54, 1.807) is 6.07 Å². The number of Topliss-reactive ketones (excluding diaryl/α,β-unsaturated/α-hetero) is 2. The quantitative estimate of drug-likeness (QED) is 0.661. The van der Waals surface area contributed by atoms with E-state index in [-0.39, 0.29) is 12.0 Å². The number of hydrogen-bond acceptors (Lipinski definition) is 2. The first-order valence-electron chi connectivity index (χ1n) is 3.88. The van der Waals surface area contributed by atoms with Crippen molar-refractivity contribution in [3.05, 3.63) is 35.6 Å². The average molecular weight is 180 g/mol. The molecule has 0 N–H and O–H groups in total. The lowest BCUT2D eigenvalue weighted by molar-refractivity contribution is -0.134. The lowest BCUT2D eigenvalue weighted by Crippen LogP contribution is -2.13. The van der Waals surface area contributed by atoms with Crippen molar-refractivity contribution in [2.75, 3.05) is 0 Å². The minimum atomic E-state index is -0.565. The van der Waals surface area contributed by atoms with Crippen LogP contribution in [0.5, 0.6) is 0 Å². The second-order valence-corrected chi connectivity index (χ2v) is 2.75. The summed E-state index contributed by atoms with van der Waals surface area (Å²) < 4.78 is 12.9. The minimum Gasteiger partial charge on any atom is -0.291 e. The van der Waals surface area contributed by atoms with E-state index in [0.29, 0.717) is 0 Å². The van der Waals surface area contributed by atoms with Crippen LogP contribution in [0.25, 0.3) is 0 Å². The first-order valence-corrected chi connectivity index (χ1v) is 3.88. The molecule has 2 nitrogen and oxygen atoms in total. The van der Waals surface area contributed by atoms with Gasteiger partial charge in [-0.15, -0.1) is 0 Å². The Bertz CT molecular complexity index is 345. The molecule has 0 spiro atoms. The van der Waals surface area contributed by atoms with Crippen LogP contribution in [0.15, 0.2) is 24.3 Å². The third kappa shape index (κ3) is 2.47. The summed E-state index contributed by atoms with van der Waals surface area (Å²) in [6.07, 6.45) is -0.151. The Morgan fingerprint density at radius 1 is 1.31 bits per heavy atom. The van der Waals surface area contributed by atoms with Gasteiger partial charge in [-0.25, -0.2) is 4.39 Å². The van der Waals surface area contributed by atoms with Gasteiger partial charge < -0.3 is 0 Å². The van der Waals surface area contributed by atoms with Crippen molar-refractivity contribution in [1.29, 1.82) is 0 Å². The second-order valence-electron chi connectivity index (χ2n) is 2.75. The van der Waals surface area contributed by atoms with E-state index in [0.717, 1.165) is 0 Å². The van der Waals surface area contributed by atoms with E-state index >= 15 is 0 Å². The highest BCUT2D eigenvalue weighted by Crippen LogP contribution is 2.07. The lowest BCUT2D eigenvalue weighted by Gasteiger charge is -1.98. The SMILES string of the molecule is CC(=O)C(=O)Cc1ccccc1F. The van der Waals surface area contributed by atoms with E-state index in [1.807, 2.05) is 0 Å². The molecule has 1 aromatic rings. The number of carbonyl (C=O) groups is 2. The van der Waals surface area contributed by atoms with Crippen LogP contribution in [0.1, 0.15) is 12.5 Å². The zero-order valence-electron chi connectivity index (χ0n) is 7.21. The van der Waals surface area contributed by atoms with Gasteiger partial charge in [0, 0.05) is 13.3 Å². The van der Waals surface area contributed by atoms with E-state index in [2.05, 4.69) is 0 Å². The number of carbonyl (C=O) groups excluding carboxylic acids is 2. The summed E-state index contributed by atoms with van der Waals surface area (Å²) in [6.45, 7) is 1.18. The molecule has 0 aromatic heterocycles. The summed E-state index contributed by atoms with van der Waals surface area (Å²) in [7, 11) is 0. The van der Waals surface area contributed by atoms with Gasteiger partial charge in [0.25, 0.3) is 0 Å². The maximum Gasteiger partial charge on any atom is 0.202 e. The monoisotopic (exact) mass is 180 g/mol. The molecule has 13 heavy (non-hydrogen) atoms. The van der Waals surface area contributed by atoms with Crippen molar-refractivity contribution < 1.29 is 14.0 Å². The first-order chi connectivity index (χ1) is 6.11. The molecule has 0 atom stereocenters. The molecular formula is C10H9FO2. The third-order valence-electron chi connectivity index (χ3n) is 1.70. The van der Waals surface area contributed by atoms with Gasteiger partial charge >= 0.3 is 0 Å². The standard InChI is InChI=1S/C10H9FO2/c1-7(12)10(13)6-8-4-2-3-5-9(8)11/h2-5H,6H2,1H3. The predicted octanol–water partition coefficient (Wildman–Crippen LogP) is 1.53. The number of ketones is 2. The van der Waals surface area contributed by atoms with Crippen molar-refractivity contribution in [2.45, 2.75) is 13.3 Å². The van der Waals surface area contributed by atoms with Crippen LogP contribution < -0.4 is 0 Å². The Balaban J connectivity index is 2.81. The zero-order chi connectivity index (χ0) is 9.84. The molecule has 0 aliphatic heterocycles. The van der Waals surface area contributed by atoms with Crippen LogP contribution in [0.3, 0.4) is 0 Å².